The highest BCUT2D eigenvalue weighted by atomic mass is 16.1. The molecule has 0 fully saturated rings. The number of hydrogen-bond acceptors (Lipinski definition) is 2. The number of carbonyl (C=O) groups excluding carboxylic acids is 1. The van der Waals surface area contributed by atoms with E-state index in [9.17, 15) is 4.79 Å². The summed E-state index contributed by atoms with van der Waals surface area (Å²) in [5.74, 6) is -0.182. The van der Waals surface area contributed by atoms with Gasteiger partial charge in [0.25, 0.3) is 0 Å². The van der Waals surface area contributed by atoms with E-state index in [0.717, 1.165) is 0 Å². The van der Waals surface area contributed by atoms with Crippen LogP contribution in [0.25, 0.3) is 0 Å². The molecule has 0 aromatic carbocycles. The molecule has 3 heteroatoms. The molecule has 0 saturated heterocycles. The fraction of sp³-hybridized carbons (Fsp3) is 0.571. The first-order valence-corrected chi connectivity index (χ1v) is 3.15. The van der Waals surface area contributed by atoms with Crippen LogP contribution in [0.5, 0.6) is 0 Å². The lowest BCUT2D eigenvalue weighted by Gasteiger charge is -2.17. The predicted octanol–water partition coefficient (Wildman–Crippen LogP) is 0.0259. The summed E-state index contributed by atoms with van der Waals surface area (Å²) in [4.78, 5) is 10.6. The number of carbonyl (C=O) groups is 1. The van der Waals surface area contributed by atoms with Gasteiger partial charge in [0.05, 0.1) is 0 Å². The summed E-state index contributed by atoms with van der Waals surface area (Å²) in [5.41, 5.74) is 5.24. The van der Waals surface area contributed by atoms with Crippen LogP contribution in [-0.4, -0.2) is 18.0 Å². The molecule has 3 N–H and O–H groups in total. The van der Waals surface area contributed by atoms with Crippen LogP contribution in [0.2, 0.25) is 0 Å². The molecule has 58 valence electrons. The van der Waals surface area contributed by atoms with Crippen LogP contribution in [0.3, 0.4) is 0 Å². The summed E-state index contributed by atoms with van der Waals surface area (Å²) < 4.78 is 0. The van der Waals surface area contributed by atoms with Gasteiger partial charge in [0.2, 0.25) is 5.91 Å². The van der Waals surface area contributed by atoms with Gasteiger partial charge in [0, 0.05) is 12.1 Å². The van der Waals surface area contributed by atoms with Crippen LogP contribution in [0.4, 0.5) is 0 Å². The lowest BCUT2D eigenvalue weighted by atomic mass is 10.1. The Kier molecular flexibility index (Phi) is 3.09. The van der Waals surface area contributed by atoms with Crippen molar-refractivity contribution in [2.45, 2.75) is 19.4 Å². The van der Waals surface area contributed by atoms with Crippen molar-refractivity contribution in [2.75, 3.05) is 6.54 Å². The van der Waals surface area contributed by atoms with Crippen molar-refractivity contribution in [1.29, 1.82) is 0 Å². The first-order valence-electron chi connectivity index (χ1n) is 3.15. The largest absolute Gasteiger partial charge is 0.351 e. The van der Waals surface area contributed by atoms with E-state index >= 15 is 0 Å². The zero-order valence-corrected chi connectivity index (χ0v) is 6.48. The fourth-order valence-electron chi connectivity index (χ4n) is 0.387. The lowest BCUT2D eigenvalue weighted by molar-refractivity contribution is -0.116. The summed E-state index contributed by atoms with van der Waals surface area (Å²) >= 11 is 0. The highest BCUT2D eigenvalue weighted by molar-refractivity contribution is 5.86. The smallest absolute Gasteiger partial charge is 0.243 e. The van der Waals surface area contributed by atoms with Crippen molar-refractivity contribution in [1.82, 2.24) is 5.32 Å². The van der Waals surface area contributed by atoms with E-state index in [1.165, 1.54) is 6.08 Å². The van der Waals surface area contributed by atoms with Crippen LogP contribution in [0.15, 0.2) is 12.7 Å². The van der Waals surface area contributed by atoms with Gasteiger partial charge in [-0.05, 0) is 19.9 Å². The third-order valence-corrected chi connectivity index (χ3v) is 0.904. The highest BCUT2D eigenvalue weighted by Gasteiger charge is 2.09. The molecule has 0 radical (unpaired) electrons. The van der Waals surface area contributed by atoms with E-state index in [0.29, 0.717) is 6.54 Å². The molecule has 10 heavy (non-hydrogen) atoms. The van der Waals surface area contributed by atoms with Gasteiger partial charge in [0.15, 0.2) is 0 Å². The third kappa shape index (κ3) is 5.31. The number of hydrogen-bond donors (Lipinski definition) is 2. The maximum absolute atomic E-state index is 10.6. The van der Waals surface area contributed by atoms with E-state index in [-0.39, 0.29) is 11.4 Å². The third-order valence-electron chi connectivity index (χ3n) is 0.904. The molecule has 0 aliphatic carbocycles. The average molecular weight is 142 g/mol. The molecule has 0 atom stereocenters. The van der Waals surface area contributed by atoms with E-state index in [1.54, 1.807) is 0 Å². The number of nitrogens with one attached hydrogen (secondary N) is 1. The van der Waals surface area contributed by atoms with Gasteiger partial charge in [-0.2, -0.15) is 0 Å². The zero-order valence-electron chi connectivity index (χ0n) is 6.48. The van der Waals surface area contributed by atoms with Gasteiger partial charge < -0.3 is 11.1 Å². The van der Waals surface area contributed by atoms with Crippen LogP contribution < -0.4 is 11.1 Å². The van der Waals surface area contributed by atoms with Crippen LogP contribution in [-0.2, 0) is 4.79 Å². The Morgan fingerprint density at radius 1 is 1.80 bits per heavy atom. The molecule has 0 bridgehead atoms. The molecule has 0 aliphatic rings. The second kappa shape index (κ2) is 3.37. The molecule has 0 heterocycles. The Morgan fingerprint density at radius 3 is 2.60 bits per heavy atom. The molecule has 0 aromatic heterocycles. The molecule has 0 unspecified atom stereocenters. The van der Waals surface area contributed by atoms with Gasteiger partial charge in [-0.15, -0.1) is 0 Å². The second-order valence-electron chi connectivity index (χ2n) is 2.91. The molecular weight excluding hydrogens is 128 g/mol. The van der Waals surface area contributed by atoms with Gasteiger partial charge >= 0.3 is 0 Å². The first-order chi connectivity index (χ1) is 4.45. The zero-order chi connectivity index (χ0) is 8.20. The van der Waals surface area contributed by atoms with Crippen LogP contribution in [0.1, 0.15) is 13.8 Å². The second-order valence-corrected chi connectivity index (χ2v) is 2.91. The Labute approximate surface area is 61.3 Å². The maximum atomic E-state index is 10.6. The summed E-state index contributed by atoms with van der Waals surface area (Å²) in [5, 5.41) is 2.59. The van der Waals surface area contributed by atoms with E-state index in [2.05, 4.69) is 11.9 Å². The molecule has 0 saturated carbocycles. The normalized spacial score (nSPS) is 10.7. The number of amides is 1. The standard InChI is InChI=1S/C7H14N2O/c1-4-6(10)9-5-7(2,3)8/h4H,1,5,8H2,2-3H3,(H,9,10). The monoisotopic (exact) mass is 142 g/mol. The molecule has 3 nitrogen and oxygen atoms in total. The van der Waals surface area contributed by atoms with Crippen molar-refractivity contribution in [2.24, 2.45) is 5.73 Å². The fourth-order valence-corrected chi connectivity index (χ4v) is 0.387. The molecule has 0 spiro atoms. The molecule has 1 amide bonds. The van der Waals surface area contributed by atoms with Crippen molar-refractivity contribution in [3.05, 3.63) is 12.7 Å². The Bertz CT molecular complexity index is 135. The summed E-state index contributed by atoms with van der Waals surface area (Å²) in [6, 6.07) is 0. The van der Waals surface area contributed by atoms with Crippen LogP contribution in [0, 0.1) is 0 Å². The molecule has 0 rings (SSSR count). The summed E-state index contributed by atoms with van der Waals surface area (Å²) in [7, 11) is 0. The molecule has 0 aliphatic heterocycles. The van der Waals surface area contributed by atoms with Crippen molar-refractivity contribution < 1.29 is 4.79 Å². The van der Waals surface area contributed by atoms with Crippen molar-refractivity contribution in [3.8, 4) is 0 Å². The van der Waals surface area contributed by atoms with Gasteiger partial charge in [-0.3, -0.25) is 4.79 Å². The van der Waals surface area contributed by atoms with Gasteiger partial charge in [-0.25, -0.2) is 0 Å². The average Bonchev–Trinajstić information content (AvgIpc) is 1.81. The quantitative estimate of drug-likeness (QED) is 0.546. The Hall–Kier alpha value is -0.830. The lowest BCUT2D eigenvalue weighted by Crippen LogP contribution is -2.44. The topological polar surface area (TPSA) is 55.1 Å². The SMILES string of the molecule is C=CC(=O)NCC(C)(C)N. The van der Waals surface area contributed by atoms with E-state index in [1.807, 2.05) is 13.8 Å². The van der Waals surface area contributed by atoms with Crippen molar-refractivity contribution in [3.63, 3.8) is 0 Å². The minimum Gasteiger partial charge on any atom is -0.351 e. The van der Waals surface area contributed by atoms with Crippen molar-refractivity contribution >= 4 is 5.91 Å². The predicted molar refractivity (Wildman–Crippen MR) is 41.5 cm³/mol. The van der Waals surface area contributed by atoms with E-state index in [4.69, 9.17) is 5.73 Å². The Morgan fingerprint density at radius 2 is 2.30 bits per heavy atom. The van der Waals surface area contributed by atoms with E-state index < -0.39 is 0 Å². The number of nitrogens with two attached hydrogens (primary N) is 1. The summed E-state index contributed by atoms with van der Waals surface area (Å²) in [6.45, 7) is 7.47. The molecule has 0 aromatic rings. The number of rotatable bonds is 3. The summed E-state index contributed by atoms with van der Waals surface area (Å²) in [6.07, 6.45) is 1.23. The molecular formula is C7H14N2O. The maximum Gasteiger partial charge on any atom is 0.243 e. The van der Waals surface area contributed by atoms with Crippen LogP contribution >= 0.6 is 0 Å². The Balaban J connectivity index is 3.55. The van der Waals surface area contributed by atoms with Gasteiger partial charge in [0.1, 0.15) is 0 Å². The minimum absolute atomic E-state index is 0.182. The first kappa shape index (κ1) is 9.17. The minimum atomic E-state index is -0.349. The highest BCUT2D eigenvalue weighted by Crippen LogP contribution is 1.91. The van der Waals surface area contributed by atoms with Gasteiger partial charge in [-0.1, -0.05) is 6.58 Å².